The standard InChI is InChI=1S/C10H18N4O/c1-15-10(5-3-6-10)9-12-8(13-14-9)4-2-7-11/h2-7,11H2,1H3,(H,12,13,14). The van der Waals surface area contributed by atoms with Gasteiger partial charge in [-0.05, 0) is 32.2 Å². The van der Waals surface area contributed by atoms with Gasteiger partial charge in [0.1, 0.15) is 11.4 Å². The highest BCUT2D eigenvalue weighted by molar-refractivity contribution is 5.07. The molecule has 0 aliphatic heterocycles. The van der Waals surface area contributed by atoms with Gasteiger partial charge in [-0.2, -0.15) is 5.10 Å². The van der Waals surface area contributed by atoms with Crippen LogP contribution in [0.2, 0.25) is 0 Å². The number of aromatic amines is 1. The largest absolute Gasteiger partial charge is 0.370 e. The number of hydrogen-bond donors (Lipinski definition) is 2. The summed E-state index contributed by atoms with van der Waals surface area (Å²) in [4.78, 5) is 4.47. The highest BCUT2D eigenvalue weighted by Gasteiger charge is 2.42. The van der Waals surface area contributed by atoms with Crippen molar-refractivity contribution in [2.45, 2.75) is 37.7 Å². The minimum absolute atomic E-state index is 0.211. The number of nitrogens with one attached hydrogen (secondary N) is 1. The number of aromatic nitrogens is 3. The first kappa shape index (κ1) is 10.6. The molecule has 0 atom stereocenters. The van der Waals surface area contributed by atoms with Gasteiger partial charge in [0.2, 0.25) is 0 Å². The maximum Gasteiger partial charge on any atom is 0.182 e. The molecule has 0 unspecified atom stereocenters. The van der Waals surface area contributed by atoms with E-state index in [1.807, 2.05) is 0 Å². The molecule has 15 heavy (non-hydrogen) atoms. The molecule has 5 nitrogen and oxygen atoms in total. The fraction of sp³-hybridized carbons (Fsp3) is 0.800. The summed E-state index contributed by atoms with van der Waals surface area (Å²) in [5.74, 6) is 1.72. The van der Waals surface area contributed by atoms with Gasteiger partial charge < -0.3 is 10.5 Å². The van der Waals surface area contributed by atoms with Crippen LogP contribution in [0.1, 0.15) is 37.3 Å². The third kappa shape index (κ3) is 1.89. The molecule has 1 fully saturated rings. The van der Waals surface area contributed by atoms with E-state index in [1.54, 1.807) is 7.11 Å². The van der Waals surface area contributed by atoms with Crippen molar-refractivity contribution in [3.05, 3.63) is 11.6 Å². The van der Waals surface area contributed by atoms with E-state index in [0.717, 1.165) is 37.3 Å². The lowest BCUT2D eigenvalue weighted by atomic mass is 9.79. The summed E-state index contributed by atoms with van der Waals surface area (Å²) in [6.07, 6.45) is 5.05. The Hall–Kier alpha value is -0.940. The number of aryl methyl sites for hydroxylation is 1. The summed E-state index contributed by atoms with van der Waals surface area (Å²) in [5, 5.41) is 7.18. The first-order chi connectivity index (χ1) is 7.30. The quantitative estimate of drug-likeness (QED) is 0.750. The maximum atomic E-state index is 5.51. The van der Waals surface area contributed by atoms with Crippen LogP contribution in [0.15, 0.2) is 0 Å². The lowest BCUT2D eigenvalue weighted by Crippen LogP contribution is -2.37. The van der Waals surface area contributed by atoms with Gasteiger partial charge in [0, 0.05) is 13.5 Å². The van der Waals surface area contributed by atoms with Crippen molar-refractivity contribution in [2.24, 2.45) is 5.73 Å². The molecule has 1 saturated carbocycles. The Morgan fingerprint density at radius 2 is 2.33 bits per heavy atom. The van der Waals surface area contributed by atoms with E-state index in [-0.39, 0.29) is 5.60 Å². The molecule has 0 radical (unpaired) electrons. The number of methoxy groups -OCH3 is 1. The zero-order chi connectivity index (χ0) is 10.7. The van der Waals surface area contributed by atoms with E-state index in [0.29, 0.717) is 6.54 Å². The number of ether oxygens (including phenoxy) is 1. The van der Waals surface area contributed by atoms with Gasteiger partial charge in [0.25, 0.3) is 0 Å². The van der Waals surface area contributed by atoms with E-state index in [4.69, 9.17) is 10.5 Å². The maximum absolute atomic E-state index is 5.51. The normalized spacial score (nSPS) is 18.8. The Kier molecular flexibility index (Phi) is 3.02. The second-order valence-electron chi connectivity index (χ2n) is 4.05. The molecule has 0 saturated heterocycles. The van der Waals surface area contributed by atoms with Gasteiger partial charge in [0.15, 0.2) is 5.82 Å². The second kappa shape index (κ2) is 4.28. The summed E-state index contributed by atoms with van der Waals surface area (Å²) in [7, 11) is 1.73. The van der Waals surface area contributed by atoms with E-state index < -0.39 is 0 Å². The molecule has 1 aromatic rings. The van der Waals surface area contributed by atoms with Crippen molar-refractivity contribution >= 4 is 0 Å². The Labute approximate surface area is 89.4 Å². The Morgan fingerprint density at radius 3 is 2.87 bits per heavy atom. The summed E-state index contributed by atoms with van der Waals surface area (Å²) >= 11 is 0. The summed E-state index contributed by atoms with van der Waals surface area (Å²) < 4.78 is 5.51. The third-order valence-corrected chi connectivity index (χ3v) is 3.11. The smallest absolute Gasteiger partial charge is 0.182 e. The topological polar surface area (TPSA) is 76.8 Å². The van der Waals surface area contributed by atoms with Crippen molar-refractivity contribution in [3.63, 3.8) is 0 Å². The molecular formula is C10H18N4O. The van der Waals surface area contributed by atoms with Gasteiger partial charge in [-0.1, -0.05) is 0 Å². The first-order valence-corrected chi connectivity index (χ1v) is 5.48. The van der Waals surface area contributed by atoms with Crippen LogP contribution < -0.4 is 5.73 Å². The number of nitrogens with two attached hydrogens (primary N) is 1. The number of nitrogens with zero attached hydrogens (tertiary/aromatic N) is 2. The fourth-order valence-electron chi connectivity index (χ4n) is 1.90. The zero-order valence-corrected chi connectivity index (χ0v) is 9.12. The van der Waals surface area contributed by atoms with Gasteiger partial charge in [-0.3, -0.25) is 5.10 Å². The lowest BCUT2D eigenvalue weighted by Gasteiger charge is -2.37. The van der Waals surface area contributed by atoms with Gasteiger partial charge in [-0.15, -0.1) is 0 Å². The molecule has 84 valence electrons. The van der Waals surface area contributed by atoms with Crippen LogP contribution in [0.5, 0.6) is 0 Å². The molecule has 5 heteroatoms. The molecule has 0 spiro atoms. The average molecular weight is 210 g/mol. The predicted octanol–water partition coefficient (Wildman–Crippen LogP) is 0.722. The molecule has 1 aliphatic rings. The van der Waals surface area contributed by atoms with Gasteiger partial charge in [-0.25, -0.2) is 4.98 Å². The van der Waals surface area contributed by atoms with Crippen LogP contribution in [0.3, 0.4) is 0 Å². The Morgan fingerprint density at radius 1 is 1.53 bits per heavy atom. The van der Waals surface area contributed by atoms with Crippen LogP contribution in [0.25, 0.3) is 0 Å². The molecule has 1 aliphatic carbocycles. The predicted molar refractivity (Wildman–Crippen MR) is 56.3 cm³/mol. The van der Waals surface area contributed by atoms with E-state index in [9.17, 15) is 0 Å². The van der Waals surface area contributed by atoms with Crippen LogP contribution in [0, 0.1) is 0 Å². The number of rotatable bonds is 5. The van der Waals surface area contributed by atoms with Gasteiger partial charge >= 0.3 is 0 Å². The van der Waals surface area contributed by atoms with Crippen LogP contribution in [-0.2, 0) is 16.8 Å². The Bertz CT molecular complexity index is 313. The fourth-order valence-corrected chi connectivity index (χ4v) is 1.90. The lowest BCUT2D eigenvalue weighted by molar-refractivity contribution is -0.0844. The Balaban J connectivity index is 2.05. The summed E-state index contributed by atoms with van der Waals surface area (Å²) in [6.45, 7) is 0.686. The summed E-state index contributed by atoms with van der Waals surface area (Å²) in [5.41, 5.74) is 5.23. The summed E-state index contributed by atoms with van der Waals surface area (Å²) in [6, 6.07) is 0. The van der Waals surface area contributed by atoms with Crippen molar-refractivity contribution in [2.75, 3.05) is 13.7 Å². The minimum atomic E-state index is -0.211. The highest BCUT2D eigenvalue weighted by Crippen LogP contribution is 2.42. The molecule has 3 N–H and O–H groups in total. The van der Waals surface area contributed by atoms with E-state index in [2.05, 4.69) is 15.2 Å². The van der Waals surface area contributed by atoms with Crippen molar-refractivity contribution in [1.29, 1.82) is 0 Å². The van der Waals surface area contributed by atoms with Crippen LogP contribution in [-0.4, -0.2) is 28.8 Å². The van der Waals surface area contributed by atoms with Crippen molar-refractivity contribution in [1.82, 2.24) is 15.2 Å². The molecule has 1 aromatic heterocycles. The van der Waals surface area contributed by atoms with Crippen molar-refractivity contribution in [3.8, 4) is 0 Å². The van der Waals surface area contributed by atoms with Crippen LogP contribution in [0.4, 0.5) is 0 Å². The second-order valence-corrected chi connectivity index (χ2v) is 4.05. The molecule has 0 amide bonds. The SMILES string of the molecule is COC1(c2n[nH]c(CCCN)n2)CCC1. The highest BCUT2D eigenvalue weighted by atomic mass is 16.5. The van der Waals surface area contributed by atoms with E-state index >= 15 is 0 Å². The number of hydrogen-bond acceptors (Lipinski definition) is 4. The first-order valence-electron chi connectivity index (χ1n) is 5.48. The third-order valence-electron chi connectivity index (χ3n) is 3.11. The molecule has 1 heterocycles. The molecule has 0 aromatic carbocycles. The van der Waals surface area contributed by atoms with Crippen molar-refractivity contribution < 1.29 is 4.74 Å². The van der Waals surface area contributed by atoms with Crippen LogP contribution >= 0.6 is 0 Å². The average Bonchev–Trinajstić information content (AvgIpc) is 2.63. The molecule has 2 rings (SSSR count). The minimum Gasteiger partial charge on any atom is -0.370 e. The zero-order valence-electron chi connectivity index (χ0n) is 9.12. The number of H-pyrrole nitrogens is 1. The molecule has 0 bridgehead atoms. The van der Waals surface area contributed by atoms with Gasteiger partial charge in [0.05, 0.1) is 0 Å². The van der Waals surface area contributed by atoms with E-state index in [1.165, 1.54) is 6.42 Å². The monoisotopic (exact) mass is 210 g/mol. The molecular weight excluding hydrogens is 192 g/mol.